The van der Waals surface area contributed by atoms with Gasteiger partial charge >= 0.3 is 0 Å². The van der Waals surface area contributed by atoms with Gasteiger partial charge in [0.05, 0.1) is 5.54 Å². The van der Waals surface area contributed by atoms with Gasteiger partial charge in [0.2, 0.25) is 5.91 Å². The highest BCUT2D eigenvalue weighted by molar-refractivity contribution is 5.88. The van der Waals surface area contributed by atoms with Crippen LogP contribution in [0.2, 0.25) is 0 Å². The Morgan fingerprint density at radius 2 is 1.86 bits per heavy atom. The van der Waals surface area contributed by atoms with Gasteiger partial charge in [-0.1, -0.05) is 44.2 Å². The minimum absolute atomic E-state index is 0.0210. The second kappa shape index (κ2) is 5.13. The Morgan fingerprint density at radius 1 is 1.19 bits per heavy atom. The van der Waals surface area contributed by atoms with E-state index in [1.165, 1.54) is 24.8 Å². The molecule has 3 nitrogen and oxygen atoms in total. The first kappa shape index (κ1) is 14.6. The van der Waals surface area contributed by atoms with Gasteiger partial charge in [-0.25, -0.2) is 0 Å². The number of benzene rings is 1. The highest BCUT2D eigenvalue weighted by Gasteiger charge is 2.52. The first-order chi connectivity index (χ1) is 10.0. The van der Waals surface area contributed by atoms with Gasteiger partial charge in [0.1, 0.15) is 6.17 Å². The number of carbonyl (C=O) groups excluding carboxylic acids is 1. The van der Waals surface area contributed by atoms with Crippen molar-refractivity contribution in [2.45, 2.75) is 58.2 Å². The van der Waals surface area contributed by atoms with E-state index in [4.69, 9.17) is 0 Å². The molecule has 0 bridgehead atoms. The zero-order chi connectivity index (χ0) is 15.1. The van der Waals surface area contributed by atoms with Gasteiger partial charge in [0.25, 0.3) is 0 Å². The summed E-state index contributed by atoms with van der Waals surface area (Å²) >= 11 is 0. The van der Waals surface area contributed by atoms with Gasteiger partial charge in [-0.15, -0.1) is 0 Å². The molecule has 2 unspecified atom stereocenters. The smallest absolute Gasteiger partial charge is 0.244 e. The molecule has 1 amide bonds. The molecule has 1 aromatic rings. The molecule has 1 aromatic carbocycles. The molecule has 1 saturated heterocycles. The zero-order valence-electron chi connectivity index (χ0n) is 13.4. The van der Waals surface area contributed by atoms with Crippen LogP contribution in [0.1, 0.15) is 58.2 Å². The molecule has 2 aliphatic rings. The molecule has 1 heterocycles. The van der Waals surface area contributed by atoms with Crippen LogP contribution in [-0.2, 0) is 4.79 Å². The van der Waals surface area contributed by atoms with Gasteiger partial charge in [-0.2, -0.15) is 0 Å². The van der Waals surface area contributed by atoms with E-state index in [1.54, 1.807) is 0 Å². The van der Waals surface area contributed by atoms with E-state index in [0.29, 0.717) is 5.41 Å². The van der Waals surface area contributed by atoms with E-state index in [9.17, 15) is 4.79 Å². The lowest BCUT2D eigenvalue weighted by molar-refractivity contribution is -0.133. The highest BCUT2D eigenvalue weighted by Crippen LogP contribution is 2.51. The van der Waals surface area contributed by atoms with Crippen molar-refractivity contribution in [3.63, 3.8) is 0 Å². The normalized spacial score (nSPS) is 30.7. The molecule has 1 N–H and O–H groups in total. The Hall–Kier alpha value is -1.35. The Morgan fingerprint density at radius 3 is 2.38 bits per heavy atom. The topological polar surface area (TPSA) is 32.3 Å². The van der Waals surface area contributed by atoms with Gasteiger partial charge in [-0.05, 0) is 43.6 Å². The van der Waals surface area contributed by atoms with E-state index < -0.39 is 5.54 Å². The van der Waals surface area contributed by atoms with E-state index in [2.05, 4.69) is 36.2 Å². The molecule has 3 rings (SSSR count). The maximum atomic E-state index is 12.9. The fourth-order valence-corrected chi connectivity index (χ4v) is 3.35. The first-order valence-corrected chi connectivity index (χ1v) is 8.17. The maximum Gasteiger partial charge on any atom is 0.244 e. The van der Waals surface area contributed by atoms with E-state index in [0.717, 1.165) is 13.0 Å². The summed E-state index contributed by atoms with van der Waals surface area (Å²) in [6.07, 6.45) is 4.54. The number of nitrogens with one attached hydrogen (secondary N) is 1. The molecule has 1 aliphatic heterocycles. The summed E-state index contributed by atoms with van der Waals surface area (Å²) in [5.41, 5.74) is 1.14. The molecule has 2 fully saturated rings. The van der Waals surface area contributed by atoms with Crippen molar-refractivity contribution < 1.29 is 4.79 Å². The fourth-order valence-electron chi connectivity index (χ4n) is 3.35. The molecule has 1 aliphatic carbocycles. The third-order valence-corrected chi connectivity index (χ3v) is 5.54. The number of hydrogen-bond donors (Lipinski definition) is 1. The number of amides is 1. The van der Waals surface area contributed by atoms with Crippen molar-refractivity contribution in [3.8, 4) is 0 Å². The summed E-state index contributed by atoms with van der Waals surface area (Å²) < 4.78 is 0. The Kier molecular flexibility index (Phi) is 3.56. The quantitative estimate of drug-likeness (QED) is 0.899. The van der Waals surface area contributed by atoms with Gasteiger partial charge in [0, 0.05) is 6.54 Å². The number of hydrogen-bond acceptors (Lipinski definition) is 2. The number of rotatable bonds is 5. The van der Waals surface area contributed by atoms with E-state index in [-0.39, 0.29) is 12.1 Å². The lowest BCUT2D eigenvalue weighted by atomic mass is 9.98. The molecule has 21 heavy (non-hydrogen) atoms. The van der Waals surface area contributed by atoms with Gasteiger partial charge in [-0.3, -0.25) is 10.1 Å². The lowest BCUT2D eigenvalue weighted by Gasteiger charge is -2.28. The second-order valence-corrected chi connectivity index (χ2v) is 6.93. The molecule has 0 aromatic heterocycles. The van der Waals surface area contributed by atoms with Crippen molar-refractivity contribution in [3.05, 3.63) is 35.9 Å². The summed E-state index contributed by atoms with van der Waals surface area (Å²) in [5.74, 6) is 0.263. The average molecular weight is 286 g/mol. The predicted molar refractivity (Wildman–Crippen MR) is 84.7 cm³/mol. The van der Waals surface area contributed by atoms with E-state index in [1.807, 2.05) is 25.1 Å². The predicted octanol–water partition coefficient (Wildman–Crippen LogP) is 3.48. The number of nitrogens with zero attached hydrogens (tertiary/aromatic N) is 1. The van der Waals surface area contributed by atoms with Crippen molar-refractivity contribution in [2.75, 3.05) is 6.54 Å². The molecular formula is C18H26N2O. The summed E-state index contributed by atoms with van der Waals surface area (Å²) in [5, 5.41) is 3.58. The molecule has 0 radical (unpaired) electrons. The largest absolute Gasteiger partial charge is 0.321 e. The van der Waals surface area contributed by atoms with Crippen LogP contribution in [-0.4, -0.2) is 22.9 Å². The summed E-state index contributed by atoms with van der Waals surface area (Å²) in [4.78, 5) is 15.0. The second-order valence-electron chi connectivity index (χ2n) is 6.93. The molecule has 3 heteroatoms. The van der Waals surface area contributed by atoms with E-state index >= 15 is 0 Å². The molecule has 0 spiro atoms. The summed E-state index contributed by atoms with van der Waals surface area (Å²) in [6.45, 7) is 7.27. The monoisotopic (exact) mass is 286 g/mol. The van der Waals surface area contributed by atoms with Crippen LogP contribution >= 0.6 is 0 Å². The Bertz CT molecular complexity index is 523. The third kappa shape index (κ3) is 2.48. The SMILES string of the molecule is CCC1(CN2C(=O)C(C)(CC)NC2c2ccccc2)CC1. The zero-order valence-corrected chi connectivity index (χ0v) is 13.4. The molecule has 2 atom stereocenters. The van der Waals surface area contributed by atoms with Crippen LogP contribution < -0.4 is 5.32 Å². The van der Waals surface area contributed by atoms with Gasteiger partial charge in [0.15, 0.2) is 0 Å². The molecule has 1 saturated carbocycles. The van der Waals surface area contributed by atoms with Gasteiger partial charge < -0.3 is 4.90 Å². The average Bonchev–Trinajstić information content (AvgIpc) is 3.26. The van der Waals surface area contributed by atoms with Crippen molar-refractivity contribution >= 4 is 5.91 Å². The minimum Gasteiger partial charge on any atom is -0.321 e. The summed E-state index contributed by atoms with van der Waals surface area (Å²) in [7, 11) is 0. The fraction of sp³-hybridized carbons (Fsp3) is 0.611. The first-order valence-electron chi connectivity index (χ1n) is 8.17. The minimum atomic E-state index is -0.426. The van der Waals surface area contributed by atoms with Crippen molar-refractivity contribution in [1.82, 2.24) is 10.2 Å². The number of carbonyl (C=O) groups is 1. The van der Waals surface area contributed by atoms with Crippen molar-refractivity contribution in [2.24, 2.45) is 5.41 Å². The van der Waals surface area contributed by atoms with Crippen LogP contribution in [0.5, 0.6) is 0 Å². The standard InChI is InChI=1S/C18H26N2O/c1-4-17(3)16(21)20(13-18(5-2)11-12-18)15(19-17)14-9-7-6-8-10-14/h6-10,15,19H,4-5,11-13H2,1-3H3. The highest BCUT2D eigenvalue weighted by atomic mass is 16.2. The maximum absolute atomic E-state index is 12.9. The molecule has 114 valence electrons. The third-order valence-electron chi connectivity index (χ3n) is 5.54. The van der Waals surface area contributed by atoms with Crippen LogP contribution in [0.25, 0.3) is 0 Å². The lowest BCUT2D eigenvalue weighted by Crippen LogP contribution is -2.43. The van der Waals surface area contributed by atoms with Crippen LogP contribution in [0.4, 0.5) is 0 Å². The molecular weight excluding hydrogens is 260 g/mol. The Labute approximate surface area is 127 Å². The van der Waals surface area contributed by atoms with Crippen molar-refractivity contribution in [1.29, 1.82) is 0 Å². The van der Waals surface area contributed by atoms with Crippen LogP contribution in [0.15, 0.2) is 30.3 Å². The van der Waals surface area contributed by atoms with Crippen LogP contribution in [0, 0.1) is 5.41 Å². The van der Waals surface area contributed by atoms with Crippen LogP contribution in [0.3, 0.4) is 0 Å². The Balaban J connectivity index is 1.90. The summed E-state index contributed by atoms with van der Waals surface area (Å²) in [6, 6.07) is 10.4.